The van der Waals surface area contributed by atoms with Crippen LogP contribution in [0.3, 0.4) is 0 Å². The lowest BCUT2D eigenvalue weighted by molar-refractivity contribution is 0.402. The molecule has 0 aromatic heterocycles. The first-order chi connectivity index (χ1) is 9.72. The van der Waals surface area contributed by atoms with E-state index in [-0.39, 0.29) is 0 Å². The normalized spacial score (nSPS) is 10.7. The van der Waals surface area contributed by atoms with Crippen molar-refractivity contribution < 1.29 is 9.47 Å². The van der Waals surface area contributed by atoms with Crippen LogP contribution in [0.4, 0.5) is 5.69 Å². The summed E-state index contributed by atoms with van der Waals surface area (Å²) in [6.07, 6.45) is 4.99. The molecule has 2 rings (SSSR count). The Hall–Kier alpha value is -2.42. The number of allylic oxidation sites excluding steroid dienone is 1. The summed E-state index contributed by atoms with van der Waals surface area (Å²) in [4.78, 5) is 0. The highest BCUT2D eigenvalue weighted by Crippen LogP contribution is 2.25. The second kappa shape index (κ2) is 6.66. The van der Waals surface area contributed by atoms with Crippen LogP contribution < -0.4 is 15.2 Å². The molecule has 0 saturated heterocycles. The van der Waals surface area contributed by atoms with E-state index in [1.807, 2.05) is 48.5 Å². The molecule has 0 unspecified atom stereocenters. The van der Waals surface area contributed by atoms with Crippen LogP contribution in [0, 0.1) is 0 Å². The van der Waals surface area contributed by atoms with Crippen LogP contribution in [0.2, 0.25) is 0 Å². The largest absolute Gasteiger partial charge is 0.497 e. The fraction of sp³-hybridized carbons (Fsp3) is 0.176. The molecule has 0 aliphatic rings. The topological polar surface area (TPSA) is 44.5 Å². The Bertz CT molecular complexity index is 588. The third kappa shape index (κ3) is 3.54. The fourth-order valence-corrected chi connectivity index (χ4v) is 1.95. The molecule has 0 spiro atoms. The first-order valence-corrected chi connectivity index (χ1v) is 6.46. The number of ether oxygens (including phenoxy) is 2. The Balaban J connectivity index is 2.12. The zero-order valence-electron chi connectivity index (χ0n) is 11.8. The third-order valence-electron chi connectivity index (χ3n) is 3.07. The van der Waals surface area contributed by atoms with Gasteiger partial charge in [-0.3, -0.25) is 0 Å². The summed E-state index contributed by atoms with van der Waals surface area (Å²) < 4.78 is 10.6. The monoisotopic (exact) mass is 269 g/mol. The zero-order chi connectivity index (χ0) is 14.4. The molecule has 20 heavy (non-hydrogen) atoms. The van der Waals surface area contributed by atoms with Gasteiger partial charge in [0.2, 0.25) is 0 Å². The lowest BCUT2D eigenvalue weighted by atomic mass is 10.1. The number of nitrogens with two attached hydrogens (primary N) is 1. The minimum absolute atomic E-state index is 0.784. The molecule has 2 aromatic carbocycles. The number of anilines is 1. The summed E-state index contributed by atoms with van der Waals surface area (Å²) in [6, 6.07) is 13.6. The number of hydrogen-bond acceptors (Lipinski definition) is 3. The molecular formula is C17H19NO2. The Morgan fingerprint density at radius 3 is 2.40 bits per heavy atom. The van der Waals surface area contributed by atoms with Gasteiger partial charge in [-0.25, -0.2) is 0 Å². The number of methoxy groups -OCH3 is 2. The average molecular weight is 269 g/mol. The number of benzene rings is 2. The Labute approximate surface area is 119 Å². The van der Waals surface area contributed by atoms with Gasteiger partial charge in [-0.1, -0.05) is 24.3 Å². The molecule has 0 atom stereocenters. The lowest BCUT2D eigenvalue weighted by Crippen LogP contribution is -1.89. The Kier molecular flexibility index (Phi) is 4.66. The molecule has 3 heteroatoms. The molecule has 2 aromatic rings. The molecule has 0 bridgehead atoms. The predicted octanol–water partition coefficient (Wildman–Crippen LogP) is 3.54. The highest BCUT2D eigenvalue weighted by Gasteiger charge is 2.01. The Morgan fingerprint density at radius 2 is 1.75 bits per heavy atom. The zero-order valence-corrected chi connectivity index (χ0v) is 11.8. The number of nitrogen functional groups attached to an aromatic ring is 1. The van der Waals surface area contributed by atoms with E-state index in [2.05, 4.69) is 6.08 Å². The van der Waals surface area contributed by atoms with E-state index >= 15 is 0 Å². The summed E-state index contributed by atoms with van der Waals surface area (Å²) >= 11 is 0. The van der Waals surface area contributed by atoms with E-state index in [1.54, 1.807) is 14.2 Å². The first-order valence-electron chi connectivity index (χ1n) is 6.46. The van der Waals surface area contributed by atoms with Gasteiger partial charge in [-0.05, 0) is 42.3 Å². The first kappa shape index (κ1) is 14.0. The second-order valence-corrected chi connectivity index (χ2v) is 4.46. The standard InChI is InChI=1S/C17H19NO2/c1-19-16-10-11-17(20-2)14(12-16)5-3-4-13-6-8-15(18)9-7-13/h3,5-12H,4,18H2,1-2H3/b5-3+. The van der Waals surface area contributed by atoms with Crippen LogP contribution in [-0.2, 0) is 6.42 Å². The molecule has 0 aliphatic carbocycles. The van der Waals surface area contributed by atoms with Crippen molar-refractivity contribution in [3.8, 4) is 11.5 Å². The van der Waals surface area contributed by atoms with Gasteiger partial charge in [0.15, 0.2) is 0 Å². The van der Waals surface area contributed by atoms with E-state index in [9.17, 15) is 0 Å². The predicted molar refractivity (Wildman–Crippen MR) is 83.1 cm³/mol. The van der Waals surface area contributed by atoms with E-state index < -0.39 is 0 Å². The quantitative estimate of drug-likeness (QED) is 0.844. The van der Waals surface area contributed by atoms with Gasteiger partial charge >= 0.3 is 0 Å². The molecular weight excluding hydrogens is 250 g/mol. The highest BCUT2D eigenvalue weighted by atomic mass is 16.5. The maximum Gasteiger partial charge on any atom is 0.126 e. The summed E-state index contributed by atoms with van der Waals surface area (Å²) in [5.41, 5.74) is 8.67. The van der Waals surface area contributed by atoms with Gasteiger partial charge < -0.3 is 15.2 Å². The van der Waals surface area contributed by atoms with Crippen LogP contribution in [0.1, 0.15) is 11.1 Å². The fourth-order valence-electron chi connectivity index (χ4n) is 1.95. The number of rotatable bonds is 5. The molecule has 3 nitrogen and oxygen atoms in total. The maximum absolute atomic E-state index is 5.67. The maximum atomic E-state index is 5.67. The highest BCUT2D eigenvalue weighted by molar-refractivity contribution is 5.60. The minimum atomic E-state index is 0.784. The summed E-state index contributed by atoms with van der Waals surface area (Å²) in [7, 11) is 3.32. The van der Waals surface area contributed by atoms with Crippen molar-refractivity contribution in [1.82, 2.24) is 0 Å². The van der Waals surface area contributed by atoms with E-state index in [0.29, 0.717) is 0 Å². The van der Waals surface area contributed by atoms with Crippen molar-refractivity contribution in [3.63, 3.8) is 0 Å². The lowest BCUT2D eigenvalue weighted by Gasteiger charge is -2.07. The van der Waals surface area contributed by atoms with Crippen LogP contribution in [0.5, 0.6) is 11.5 Å². The molecule has 104 valence electrons. The van der Waals surface area contributed by atoms with E-state index in [0.717, 1.165) is 29.2 Å². The van der Waals surface area contributed by atoms with Crippen LogP contribution in [-0.4, -0.2) is 14.2 Å². The molecule has 0 aliphatic heterocycles. The van der Waals surface area contributed by atoms with Crippen molar-refractivity contribution >= 4 is 11.8 Å². The molecule has 0 radical (unpaired) electrons. The van der Waals surface area contributed by atoms with E-state index in [4.69, 9.17) is 15.2 Å². The van der Waals surface area contributed by atoms with Gasteiger partial charge in [0.05, 0.1) is 14.2 Å². The third-order valence-corrected chi connectivity index (χ3v) is 3.07. The van der Waals surface area contributed by atoms with Crippen molar-refractivity contribution in [1.29, 1.82) is 0 Å². The second-order valence-electron chi connectivity index (χ2n) is 4.46. The van der Waals surface area contributed by atoms with Crippen molar-refractivity contribution in [3.05, 3.63) is 59.7 Å². The summed E-state index contributed by atoms with van der Waals surface area (Å²) in [5.74, 6) is 1.65. The number of hydrogen-bond donors (Lipinski definition) is 1. The van der Waals surface area contributed by atoms with Crippen LogP contribution in [0.15, 0.2) is 48.5 Å². The molecule has 0 heterocycles. The van der Waals surface area contributed by atoms with Gasteiger partial charge in [0.1, 0.15) is 11.5 Å². The Morgan fingerprint density at radius 1 is 1.00 bits per heavy atom. The SMILES string of the molecule is COc1ccc(OC)c(/C=C/Cc2ccc(N)cc2)c1. The van der Waals surface area contributed by atoms with Crippen molar-refractivity contribution in [2.75, 3.05) is 20.0 Å². The van der Waals surface area contributed by atoms with Gasteiger partial charge in [0, 0.05) is 11.3 Å². The molecule has 0 amide bonds. The van der Waals surface area contributed by atoms with Gasteiger partial charge in [0.25, 0.3) is 0 Å². The molecule has 0 fully saturated rings. The van der Waals surface area contributed by atoms with Gasteiger partial charge in [-0.15, -0.1) is 0 Å². The van der Waals surface area contributed by atoms with Crippen LogP contribution >= 0.6 is 0 Å². The smallest absolute Gasteiger partial charge is 0.126 e. The summed E-state index contributed by atoms with van der Waals surface area (Å²) in [6.45, 7) is 0. The van der Waals surface area contributed by atoms with E-state index in [1.165, 1.54) is 5.56 Å². The molecule has 2 N–H and O–H groups in total. The van der Waals surface area contributed by atoms with Crippen LogP contribution in [0.25, 0.3) is 6.08 Å². The molecule has 0 saturated carbocycles. The minimum Gasteiger partial charge on any atom is -0.497 e. The van der Waals surface area contributed by atoms with Crippen molar-refractivity contribution in [2.24, 2.45) is 0 Å². The average Bonchev–Trinajstić information content (AvgIpc) is 2.49. The van der Waals surface area contributed by atoms with Crippen molar-refractivity contribution in [2.45, 2.75) is 6.42 Å². The van der Waals surface area contributed by atoms with Gasteiger partial charge in [-0.2, -0.15) is 0 Å². The summed E-state index contributed by atoms with van der Waals surface area (Å²) in [5, 5.41) is 0.